The number of imide groups is 2. The van der Waals surface area contributed by atoms with Gasteiger partial charge in [-0.05, 0) is 68.8 Å². The van der Waals surface area contributed by atoms with Gasteiger partial charge in [-0.3, -0.25) is 38.6 Å². The third-order valence-electron chi connectivity index (χ3n) is 10.8. The van der Waals surface area contributed by atoms with Crippen LogP contribution in [0.1, 0.15) is 63.1 Å². The Kier molecular flexibility index (Phi) is 11.5. The average molecular weight is 853 g/mol. The molecular formula is C39H40F4N10O6S. The lowest BCUT2D eigenvalue weighted by molar-refractivity contribution is -0.138. The van der Waals surface area contributed by atoms with Gasteiger partial charge in [0.05, 0.1) is 17.4 Å². The molecule has 3 N–H and O–H groups in total. The zero-order valence-corrected chi connectivity index (χ0v) is 33.4. The van der Waals surface area contributed by atoms with Gasteiger partial charge in [-0.25, -0.2) is 22.8 Å². The van der Waals surface area contributed by atoms with Gasteiger partial charge in [-0.1, -0.05) is 6.07 Å². The van der Waals surface area contributed by atoms with Gasteiger partial charge in [0.1, 0.15) is 29.1 Å². The Morgan fingerprint density at radius 1 is 0.933 bits per heavy atom. The molecule has 2 aromatic heterocycles. The van der Waals surface area contributed by atoms with Crippen LogP contribution in [0.3, 0.4) is 0 Å². The van der Waals surface area contributed by atoms with Crippen LogP contribution in [0.15, 0.2) is 60.9 Å². The van der Waals surface area contributed by atoms with Crippen LogP contribution >= 0.6 is 0 Å². The second-order valence-electron chi connectivity index (χ2n) is 14.8. The Hall–Kier alpha value is -6.22. The van der Waals surface area contributed by atoms with Crippen molar-refractivity contribution in [1.29, 1.82) is 0 Å². The summed E-state index contributed by atoms with van der Waals surface area (Å²) in [6.07, 6.45) is -0.327. The number of hydrogen-bond donors (Lipinski definition) is 3. The van der Waals surface area contributed by atoms with Gasteiger partial charge in [-0.2, -0.15) is 18.2 Å². The van der Waals surface area contributed by atoms with E-state index < -0.39 is 63.1 Å². The molecule has 5 heterocycles. The van der Waals surface area contributed by atoms with Crippen molar-refractivity contribution in [2.24, 2.45) is 0 Å². The molecule has 0 spiro atoms. The minimum atomic E-state index is -4.78. The first kappa shape index (κ1) is 41.9. The Labute approximate surface area is 342 Å². The molecule has 0 aliphatic carbocycles. The van der Waals surface area contributed by atoms with E-state index in [1.54, 1.807) is 18.2 Å². The SMILES string of the molecule is CN(Cc1cc2c(cc1F)C(=O)N(C1CCC(=O)NC1=O)C2=O)C1CCN(c2ccc(Nc3ncc(C(F)(F)F)c(NCc4cccnc4N(C)S(C)(=O)=O)n3)cc2)CC1. The number of halogens is 4. The summed E-state index contributed by atoms with van der Waals surface area (Å²) in [6, 6.07) is 11.6. The third-order valence-corrected chi connectivity index (χ3v) is 12.0. The van der Waals surface area contributed by atoms with Crippen LogP contribution in [0.25, 0.3) is 0 Å². The van der Waals surface area contributed by atoms with Crippen molar-refractivity contribution in [2.45, 2.75) is 57.0 Å². The molecule has 4 aromatic rings. The minimum Gasteiger partial charge on any atom is -0.371 e. The molecule has 7 rings (SSSR count). The number of carbonyl (C=O) groups excluding carboxylic acids is 4. The zero-order chi connectivity index (χ0) is 43.1. The number of piperidine rings is 2. The smallest absolute Gasteiger partial charge is 0.371 e. The van der Waals surface area contributed by atoms with Crippen LogP contribution in [-0.4, -0.2) is 102 Å². The molecule has 2 aromatic carbocycles. The molecule has 2 fully saturated rings. The number of pyridine rings is 1. The van der Waals surface area contributed by atoms with Crippen molar-refractivity contribution in [3.05, 3.63) is 94.6 Å². The van der Waals surface area contributed by atoms with Gasteiger partial charge in [0.25, 0.3) is 11.8 Å². The first-order valence-corrected chi connectivity index (χ1v) is 20.7. The molecule has 3 aliphatic heterocycles. The highest BCUT2D eigenvalue weighted by atomic mass is 32.2. The highest BCUT2D eigenvalue weighted by Gasteiger charge is 2.45. The van der Waals surface area contributed by atoms with Crippen LogP contribution in [0, 0.1) is 5.82 Å². The fourth-order valence-electron chi connectivity index (χ4n) is 7.48. The lowest BCUT2D eigenvalue weighted by atomic mass is 10.0. The molecule has 21 heteroatoms. The summed E-state index contributed by atoms with van der Waals surface area (Å²) in [7, 11) is -0.544. The summed E-state index contributed by atoms with van der Waals surface area (Å²) in [5.41, 5.74) is 0.752. The van der Waals surface area contributed by atoms with Gasteiger partial charge in [0, 0.05) is 80.6 Å². The minimum absolute atomic E-state index is 0.00212. The molecule has 16 nitrogen and oxygen atoms in total. The van der Waals surface area contributed by atoms with E-state index in [4.69, 9.17) is 0 Å². The van der Waals surface area contributed by atoms with E-state index in [0.717, 1.165) is 40.1 Å². The Bertz CT molecular complexity index is 2460. The molecule has 2 saturated heterocycles. The van der Waals surface area contributed by atoms with E-state index >= 15 is 4.39 Å². The number of rotatable bonds is 12. The molecular weight excluding hydrogens is 813 g/mol. The molecule has 4 amide bonds. The maximum Gasteiger partial charge on any atom is 0.421 e. The molecule has 0 saturated carbocycles. The van der Waals surface area contributed by atoms with Gasteiger partial charge >= 0.3 is 6.18 Å². The van der Waals surface area contributed by atoms with E-state index in [-0.39, 0.29) is 60.4 Å². The number of fused-ring (bicyclic) bond motifs is 1. The summed E-state index contributed by atoms with van der Waals surface area (Å²) < 4.78 is 82.4. The Morgan fingerprint density at radius 3 is 2.27 bits per heavy atom. The first-order valence-electron chi connectivity index (χ1n) is 18.8. The van der Waals surface area contributed by atoms with Crippen molar-refractivity contribution in [3.8, 4) is 0 Å². The van der Waals surface area contributed by atoms with Crippen LogP contribution in [-0.2, 0) is 38.9 Å². The summed E-state index contributed by atoms with van der Waals surface area (Å²) >= 11 is 0. The Morgan fingerprint density at radius 2 is 1.62 bits per heavy atom. The number of carbonyl (C=O) groups is 4. The molecule has 0 bridgehead atoms. The number of alkyl halides is 3. The Balaban J connectivity index is 0.958. The maximum atomic E-state index is 15.4. The number of hydrogen-bond acceptors (Lipinski definition) is 13. The van der Waals surface area contributed by atoms with Crippen LogP contribution in [0.5, 0.6) is 0 Å². The summed E-state index contributed by atoms with van der Waals surface area (Å²) in [4.78, 5) is 67.4. The number of nitrogens with one attached hydrogen (secondary N) is 3. The largest absolute Gasteiger partial charge is 0.421 e. The van der Waals surface area contributed by atoms with E-state index in [9.17, 15) is 40.8 Å². The van der Waals surface area contributed by atoms with Gasteiger partial charge in [0.2, 0.25) is 27.8 Å². The number of aromatic nitrogens is 3. The fourth-order valence-corrected chi connectivity index (χ4v) is 7.95. The molecule has 316 valence electrons. The quantitative estimate of drug-likeness (QED) is 0.135. The third kappa shape index (κ3) is 8.71. The molecule has 1 unspecified atom stereocenters. The lowest BCUT2D eigenvalue weighted by Gasteiger charge is -2.38. The van der Waals surface area contributed by atoms with Gasteiger partial charge < -0.3 is 15.5 Å². The van der Waals surface area contributed by atoms with Crippen molar-refractivity contribution in [3.63, 3.8) is 0 Å². The topological polar surface area (TPSA) is 190 Å². The molecule has 3 aliphatic rings. The van der Waals surface area contributed by atoms with Gasteiger partial charge in [0.15, 0.2) is 0 Å². The number of anilines is 5. The summed E-state index contributed by atoms with van der Waals surface area (Å²) in [6.45, 7) is 1.28. The van der Waals surface area contributed by atoms with E-state index in [2.05, 4.69) is 35.8 Å². The normalized spacial score (nSPS) is 17.6. The standard InChI is InChI=1S/C39H40F4N10O6S/c1-50(21-23-17-27-28(18-30(23)40)37(57)53(36(27)56)31-10-11-32(54)48-35(31)55)25-12-15-52(16-13-25)26-8-6-24(7-9-26)47-38-46-20-29(39(41,42)43)33(49-38)45-19-22-5-4-14-44-34(22)51(2)60(3,58)59/h4-9,14,17-18,20,25,31H,10-13,15-16,19,21H2,1-3H3,(H,48,54,55)(H2,45,46,47,49). The number of benzene rings is 2. The predicted molar refractivity (Wildman–Crippen MR) is 211 cm³/mol. The monoisotopic (exact) mass is 852 g/mol. The predicted octanol–water partition coefficient (Wildman–Crippen LogP) is 4.28. The first-order chi connectivity index (χ1) is 28.4. The average Bonchev–Trinajstić information content (AvgIpc) is 3.43. The number of amides is 4. The highest BCUT2D eigenvalue weighted by molar-refractivity contribution is 7.92. The zero-order valence-electron chi connectivity index (χ0n) is 32.6. The second kappa shape index (κ2) is 16.4. The van der Waals surface area contributed by atoms with Crippen LogP contribution in [0.4, 0.5) is 46.5 Å². The summed E-state index contributed by atoms with van der Waals surface area (Å²) in [5.74, 6) is -3.92. The van der Waals surface area contributed by atoms with Crippen molar-refractivity contribution >= 4 is 62.6 Å². The van der Waals surface area contributed by atoms with E-state index in [1.807, 2.05) is 24.1 Å². The van der Waals surface area contributed by atoms with Crippen molar-refractivity contribution in [2.75, 3.05) is 53.3 Å². The van der Waals surface area contributed by atoms with Crippen LogP contribution < -0.4 is 25.2 Å². The molecule has 0 radical (unpaired) electrons. The molecule has 1 atom stereocenters. The van der Waals surface area contributed by atoms with Crippen molar-refractivity contribution < 1.29 is 45.2 Å². The molecule has 60 heavy (non-hydrogen) atoms. The summed E-state index contributed by atoms with van der Waals surface area (Å²) in [5, 5.41) is 7.75. The second-order valence-corrected chi connectivity index (χ2v) is 16.8. The highest BCUT2D eigenvalue weighted by Crippen LogP contribution is 2.35. The van der Waals surface area contributed by atoms with Gasteiger partial charge in [-0.15, -0.1) is 0 Å². The lowest BCUT2D eigenvalue weighted by Crippen LogP contribution is -2.54. The van der Waals surface area contributed by atoms with Crippen LogP contribution in [0.2, 0.25) is 0 Å². The van der Waals surface area contributed by atoms with E-state index in [0.29, 0.717) is 30.5 Å². The fraction of sp³-hybridized carbons (Fsp3) is 0.359. The van der Waals surface area contributed by atoms with Crippen molar-refractivity contribution in [1.82, 2.24) is 30.1 Å². The maximum absolute atomic E-state index is 15.4. The van der Waals surface area contributed by atoms with E-state index in [1.165, 1.54) is 25.4 Å². The number of sulfonamides is 1. The number of nitrogens with zero attached hydrogens (tertiary/aromatic N) is 7.